The second-order valence-electron chi connectivity index (χ2n) is 11.4. The number of methoxy groups -OCH3 is 3. The number of carbonyl (C=O) groups excluding carboxylic acids is 2. The molecule has 1 heterocycles. The molecule has 260 valence electrons. The van der Waals surface area contributed by atoms with Crippen LogP contribution in [0.4, 0.5) is 0 Å². The fraction of sp³-hybridized carbons (Fsp3) is 0.231. The quantitative estimate of drug-likeness (QED) is 0.0761. The standard InChI is InChI=1S/C39H38O11/c1-45-33-20-25(8-14-31(33)41)10-17-36(43)48-18-4-5-26-19-29-30(23-49-37(44)16-9-24-6-12-28(40)13-7-24)38(50-39(29)35(21-26)47-3)27-11-15-32(42)34(22-27)46-2/h6-17,19-22,30,38,40-42H,4-5,18,23H2,1-3H3/t30-,38+/m1/s1. The van der Waals surface area contributed by atoms with E-state index in [1.165, 1.54) is 50.6 Å². The number of carbonyl (C=O) groups is 2. The Morgan fingerprint density at radius 2 is 1.34 bits per heavy atom. The van der Waals surface area contributed by atoms with Crippen LogP contribution in [0.2, 0.25) is 0 Å². The summed E-state index contributed by atoms with van der Waals surface area (Å²) in [6, 6.07) is 19.9. The largest absolute Gasteiger partial charge is 0.508 e. The molecule has 4 aromatic carbocycles. The van der Waals surface area contributed by atoms with Gasteiger partial charge >= 0.3 is 11.9 Å². The van der Waals surface area contributed by atoms with Crippen molar-refractivity contribution in [2.75, 3.05) is 34.5 Å². The predicted molar refractivity (Wildman–Crippen MR) is 185 cm³/mol. The Bertz CT molecular complexity index is 1880. The van der Waals surface area contributed by atoms with Gasteiger partial charge in [0.1, 0.15) is 18.5 Å². The second-order valence-corrected chi connectivity index (χ2v) is 11.4. The normalized spacial score (nSPS) is 15.0. The zero-order valence-electron chi connectivity index (χ0n) is 27.8. The molecule has 0 aliphatic carbocycles. The third-order valence-electron chi connectivity index (χ3n) is 8.09. The minimum Gasteiger partial charge on any atom is -0.508 e. The monoisotopic (exact) mass is 682 g/mol. The molecule has 0 aromatic heterocycles. The topological polar surface area (TPSA) is 150 Å². The molecule has 3 N–H and O–H groups in total. The highest BCUT2D eigenvalue weighted by Crippen LogP contribution is 2.52. The molecule has 0 amide bonds. The highest BCUT2D eigenvalue weighted by Gasteiger charge is 2.39. The number of hydrogen-bond acceptors (Lipinski definition) is 11. The van der Waals surface area contributed by atoms with Crippen molar-refractivity contribution in [1.29, 1.82) is 0 Å². The number of hydrogen-bond donors (Lipinski definition) is 3. The van der Waals surface area contributed by atoms with Crippen LogP contribution in [-0.2, 0) is 25.5 Å². The van der Waals surface area contributed by atoms with Gasteiger partial charge < -0.3 is 43.7 Å². The van der Waals surface area contributed by atoms with E-state index in [4.69, 9.17) is 28.4 Å². The Hall–Kier alpha value is -6.10. The molecule has 4 aromatic rings. The molecular formula is C39H38O11. The van der Waals surface area contributed by atoms with E-state index in [0.29, 0.717) is 41.2 Å². The number of phenols is 3. The fourth-order valence-corrected chi connectivity index (χ4v) is 5.53. The molecule has 0 radical (unpaired) electrons. The summed E-state index contributed by atoms with van der Waals surface area (Å²) in [7, 11) is 4.45. The molecule has 5 rings (SSSR count). The molecule has 0 fully saturated rings. The molecular weight excluding hydrogens is 644 g/mol. The van der Waals surface area contributed by atoms with Crippen LogP contribution in [-0.4, -0.2) is 61.8 Å². The summed E-state index contributed by atoms with van der Waals surface area (Å²) < 4.78 is 33.7. The predicted octanol–water partition coefficient (Wildman–Crippen LogP) is 6.49. The second kappa shape index (κ2) is 16.3. The van der Waals surface area contributed by atoms with Crippen molar-refractivity contribution in [3.05, 3.63) is 113 Å². The zero-order valence-corrected chi connectivity index (χ0v) is 27.8. The van der Waals surface area contributed by atoms with Gasteiger partial charge in [0.05, 0.1) is 33.9 Å². The van der Waals surface area contributed by atoms with Gasteiger partial charge in [-0.3, -0.25) is 0 Å². The molecule has 0 saturated carbocycles. The molecule has 0 spiro atoms. The number of esters is 2. The summed E-state index contributed by atoms with van der Waals surface area (Å²) in [5.41, 5.74) is 3.76. The highest BCUT2D eigenvalue weighted by atomic mass is 16.5. The molecule has 1 aliphatic heterocycles. The molecule has 1 aliphatic rings. The van der Waals surface area contributed by atoms with E-state index in [1.54, 1.807) is 55.7 Å². The van der Waals surface area contributed by atoms with Crippen LogP contribution in [0.5, 0.6) is 40.2 Å². The first-order valence-corrected chi connectivity index (χ1v) is 15.8. The molecule has 0 saturated heterocycles. The number of aryl methyl sites for hydroxylation is 1. The summed E-state index contributed by atoms with van der Waals surface area (Å²) in [5, 5.41) is 29.5. The van der Waals surface area contributed by atoms with Gasteiger partial charge in [0, 0.05) is 17.7 Å². The van der Waals surface area contributed by atoms with Gasteiger partial charge in [0.2, 0.25) is 0 Å². The lowest BCUT2D eigenvalue weighted by atomic mass is 9.90. The summed E-state index contributed by atoms with van der Waals surface area (Å²) in [5.74, 6) is 0.175. The first-order chi connectivity index (χ1) is 24.2. The third-order valence-corrected chi connectivity index (χ3v) is 8.09. The number of rotatable bonds is 14. The van der Waals surface area contributed by atoms with E-state index in [-0.39, 0.29) is 36.2 Å². The summed E-state index contributed by atoms with van der Waals surface area (Å²) in [4.78, 5) is 25.1. The van der Waals surface area contributed by atoms with Gasteiger partial charge in [0.15, 0.2) is 34.5 Å². The fourth-order valence-electron chi connectivity index (χ4n) is 5.53. The Morgan fingerprint density at radius 1 is 0.720 bits per heavy atom. The third kappa shape index (κ3) is 8.67. The number of ether oxygens (including phenoxy) is 6. The highest BCUT2D eigenvalue weighted by molar-refractivity contribution is 5.87. The van der Waals surface area contributed by atoms with Crippen LogP contribution < -0.4 is 18.9 Å². The van der Waals surface area contributed by atoms with Crippen molar-refractivity contribution < 1.29 is 53.3 Å². The lowest BCUT2D eigenvalue weighted by Crippen LogP contribution is -2.17. The smallest absolute Gasteiger partial charge is 0.330 e. The number of fused-ring (bicyclic) bond motifs is 1. The van der Waals surface area contributed by atoms with Crippen molar-refractivity contribution in [2.24, 2.45) is 0 Å². The van der Waals surface area contributed by atoms with Crippen LogP contribution in [0.25, 0.3) is 12.2 Å². The van der Waals surface area contributed by atoms with Crippen LogP contribution in [0.3, 0.4) is 0 Å². The van der Waals surface area contributed by atoms with Crippen molar-refractivity contribution in [1.82, 2.24) is 0 Å². The van der Waals surface area contributed by atoms with E-state index < -0.39 is 24.0 Å². The Kier molecular flexibility index (Phi) is 11.5. The average Bonchev–Trinajstić information content (AvgIpc) is 3.50. The maximum absolute atomic E-state index is 12.8. The van der Waals surface area contributed by atoms with Crippen molar-refractivity contribution in [2.45, 2.75) is 24.9 Å². The first kappa shape index (κ1) is 35.2. The Labute approximate surface area is 289 Å². The van der Waals surface area contributed by atoms with E-state index in [2.05, 4.69) is 0 Å². The Morgan fingerprint density at radius 3 is 2.04 bits per heavy atom. The van der Waals surface area contributed by atoms with Gasteiger partial charge in [-0.15, -0.1) is 0 Å². The summed E-state index contributed by atoms with van der Waals surface area (Å²) in [6.07, 6.45) is 6.27. The Balaban J connectivity index is 1.29. The molecule has 50 heavy (non-hydrogen) atoms. The lowest BCUT2D eigenvalue weighted by Gasteiger charge is -2.20. The summed E-state index contributed by atoms with van der Waals surface area (Å²) in [6.45, 7) is 0.144. The molecule has 2 atom stereocenters. The van der Waals surface area contributed by atoms with Crippen LogP contribution in [0.1, 0.15) is 46.3 Å². The first-order valence-electron chi connectivity index (χ1n) is 15.8. The van der Waals surface area contributed by atoms with Gasteiger partial charge in [-0.05, 0) is 89.7 Å². The molecule has 0 bridgehead atoms. The number of phenolic OH excluding ortho intramolecular Hbond substituents is 3. The van der Waals surface area contributed by atoms with Gasteiger partial charge in [0.25, 0.3) is 0 Å². The SMILES string of the molecule is COc1cc(C=CC(=O)OCCCc2cc(OC)c3c(c2)[C@@H](COC(=O)C=Cc2ccc(O)cc2)[C@H](c2ccc(O)c(OC)c2)O3)ccc1O. The van der Waals surface area contributed by atoms with Gasteiger partial charge in [-0.2, -0.15) is 0 Å². The van der Waals surface area contributed by atoms with E-state index in [9.17, 15) is 24.9 Å². The van der Waals surface area contributed by atoms with Crippen LogP contribution >= 0.6 is 0 Å². The number of benzene rings is 4. The zero-order chi connectivity index (χ0) is 35.6. The summed E-state index contributed by atoms with van der Waals surface area (Å²) >= 11 is 0. The van der Waals surface area contributed by atoms with Gasteiger partial charge in [-0.25, -0.2) is 9.59 Å². The average molecular weight is 683 g/mol. The minimum atomic E-state index is -0.598. The lowest BCUT2D eigenvalue weighted by molar-refractivity contribution is -0.139. The van der Waals surface area contributed by atoms with Crippen LogP contribution in [0, 0.1) is 0 Å². The minimum absolute atomic E-state index is 0.00421. The maximum atomic E-state index is 12.8. The number of aromatic hydroxyl groups is 3. The van der Waals surface area contributed by atoms with E-state index in [1.807, 2.05) is 12.1 Å². The van der Waals surface area contributed by atoms with E-state index in [0.717, 1.165) is 16.7 Å². The van der Waals surface area contributed by atoms with Crippen molar-refractivity contribution in [3.63, 3.8) is 0 Å². The van der Waals surface area contributed by atoms with Crippen molar-refractivity contribution >= 4 is 24.1 Å². The molecule has 11 nitrogen and oxygen atoms in total. The van der Waals surface area contributed by atoms with Crippen LogP contribution in [0.15, 0.2) is 84.9 Å². The maximum Gasteiger partial charge on any atom is 0.330 e. The molecule has 11 heteroatoms. The van der Waals surface area contributed by atoms with E-state index >= 15 is 0 Å². The molecule has 0 unspecified atom stereocenters. The van der Waals surface area contributed by atoms with Crippen molar-refractivity contribution in [3.8, 4) is 40.2 Å². The van der Waals surface area contributed by atoms with Gasteiger partial charge in [-0.1, -0.05) is 30.3 Å².